The number of phenolic OH excluding ortho intramolecular Hbond substituents is 1. The molecule has 0 saturated carbocycles. The monoisotopic (exact) mass is 125 g/mol. The number of aromatic hydroxyl groups is 1. The summed E-state index contributed by atoms with van der Waals surface area (Å²) < 4.78 is 12.0. The predicted octanol–water partition coefficient (Wildman–Crippen LogP) is 1.40. The van der Waals surface area contributed by atoms with Crippen molar-refractivity contribution in [2.24, 2.45) is 0 Å². The first kappa shape index (κ1) is 4.68. The summed E-state index contributed by atoms with van der Waals surface area (Å²) in [6, 6.07) is 4.83. The Morgan fingerprint density at radius 1 is 1.67 bits per heavy atom. The fourth-order valence-corrected chi connectivity index (χ4v) is 0.576. The first-order chi connectivity index (χ1) is 4.75. The Bertz CT molecular complexity index is 215. The van der Waals surface area contributed by atoms with Crippen LogP contribution >= 0.6 is 0 Å². The van der Waals surface area contributed by atoms with Gasteiger partial charge in [0.05, 0.1) is 8.48 Å². The van der Waals surface area contributed by atoms with Crippen molar-refractivity contribution < 1.29 is 11.2 Å². The van der Waals surface area contributed by atoms with Crippen LogP contribution in [0, 0.1) is 0 Å². The molecule has 1 rings (SSSR count). The topological polar surface area (TPSA) is 29.5 Å². The highest BCUT2D eigenvalue weighted by Gasteiger charge is 1.94. The molecule has 9 heavy (non-hydrogen) atoms. The molecule has 0 bridgehead atoms. The summed E-state index contributed by atoms with van der Waals surface area (Å²) in [7, 11) is 1.42. The summed E-state index contributed by atoms with van der Waals surface area (Å²) >= 11 is 0. The quantitative estimate of drug-likeness (QED) is 0.614. The van der Waals surface area contributed by atoms with Crippen molar-refractivity contribution in [3.63, 3.8) is 0 Å². The number of hydrogen-bond acceptors (Lipinski definition) is 2. The number of rotatable bonds is 1. The minimum Gasteiger partial charge on any atom is -0.504 e. The summed E-state index contributed by atoms with van der Waals surface area (Å²) in [5.74, 6) is 0.234. The second-order valence-corrected chi connectivity index (χ2v) is 1.59. The molecule has 0 spiro atoms. The smallest absolute Gasteiger partial charge is 0.160 e. The first-order valence-corrected chi connectivity index (χ1v) is 2.58. The van der Waals surface area contributed by atoms with Gasteiger partial charge in [-0.3, -0.25) is 0 Å². The summed E-state index contributed by atoms with van der Waals surface area (Å²) in [5, 5.41) is 9.05. The van der Waals surface area contributed by atoms with Gasteiger partial charge in [-0.15, -0.1) is 0 Å². The van der Waals surface area contributed by atoms with Gasteiger partial charge in [0.25, 0.3) is 0 Å². The van der Waals surface area contributed by atoms with Gasteiger partial charge in [-0.25, -0.2) is 0 Å². The molecular formula is C7H8O2. The largest absolute Gasteiger partial charge is 0.504 e. The third-order valence-electron chi connectivity index (χ3n) is 1.00. The predicted molar refractivity (Wildman–Crippen MR) is 34.7 cm³/mol. The molecule has 1 aromatic carbocycles. The molecule has 0 fully saturated rings. The Balaban J connectivity index is 3.17. The fraction of sp³-hybridized carbons (Fsp3) is 0.143. The van der Waals surface area contributed by atoms with Gasteiger partial charge in [0, 0.05) is 0 Å². The Kier molecular flexibility index (Phi) is 1.24. The molecule has 2 nitrogen and oxygen atoms in total. The number of ether oxygens (including phenoxy) is 1. The van der Waals surface area contributed by atoms with Crippen LogP contribution in [0.25, 0.3) is 0 Å². The van der Waals surface area contributed by atoms with Gasteiger partial charge in [-0.1, -0.05) is 12.1 Å². The van der Waals surface area contributed by atoms with Crippen LogP contribution in [-0.4, -0.2) is 12.2 Å². The van der Waals surface area contributed by atoms with Crippen molar-refractivity contribution in [3.05, 3.63) is 24.2 Å². The molecule has 0 aromatic heterocycles. The van der Waals surface area contributed by atoms with Crippen LogP contribution in [-0.2, 0) is 0 Å². The van der Waals surface area contributed by atoms with Crippen molar-refractivity contribution in [1.82, 2.24) is 0 Å². The number of phenols is 1. The Labute approximate surface area is 55.1 Å². The molecule has 0 aliphatic carbocycles. The zero-order valence-corrected chi connectivity index (χ0v) is 5.09. The molecule has 1 N–H and O–H groups in total. The molecule has 0 saturated heterocycles. The summed E-state index contributed by atoms with van der Waals surface area (Å²) in [6.07, 6.45) is 0. The average Bonchev–Trinajstić information content (AvgIpc) is 1.88. The number of para-hydroxylation sites is 2. The summed E-state index contributed by atoms with van der Waals surface area (Å²) in [6.45, 7) is 0. The molecule has 48 valence electrons. The minimum atomic E-state index is 0.00926. The minimum absolute atomic E-state index is 0.00926. The van der Waals surface area contributed by atoms with Crippen molar-refractivity contribution in [1.29, 1.82) is 0 Å². The van der Waals surface area contributed by atoms with Crippen LogP contribution in [0.15, 0.2) is 24.2 Å². The van der Waals surface area contributed by atoms with Gasteiger partial charge in [0.2, 0.25) is 0 Å². The maximum atomic E-state index is 9.05. The third-order valence-corrected chi connectivity index (χ3v) is 1.00. The van der Waals surface area contributed by atoms with E-state index in [9.17, 15) is 0 Å². The van der Waals surface area contributed by atoms with E-state index in [0.29, 0.717) is 0 Å². The average molecular weight is 125 g/mol. The van der Waals surface area contributed by atoms with Crippen LogP contribution in [0.3, 0.4) is 0 Å². The lowest BCUT2D eigenvalue weighted by Crippen LogP contribution is -1.80. The second kappa shape index (κ2) is 2.40. The highest BCUT2D eigenvalue weighted by Crippen LogP contribution is 2.22. The lowest BCUT2D eigenvalue weighted by Gasteiger charge is -1.99. The molecule has 1 aromatic rings. The maximum Gasteiger partial charge on any atom is 0.160 e. The molecule has 0 atom stereocenters. The normalized spacial score (nSPS) is 10.6. The summed E-state index contributed by atoms with van der Waals surface area (Å²) in [4.78, 5) is 0. The van der Waals surface area contributed by atoms with Crippen molar-refractivity contribution in [2.75, 3.05) is 7.11 Å². The zero-order valence-electron chi connectivity index (χ0n) is 6.09. The first-order valence-electron chi connectivity index (χ1n) is 3.08. The van der Waals surface area contributed by atoms with Gasteiger partial charge in [0.15, 0.2) is 11.5 Å². The highest BCUT2D eigenvalue weighted by molar-refractivity contribution is 5.37. The molecule has 0 radical (unpaired) electrons. The van der Waals surface area contributed by atoms with Crippen LogP contribution in [0.5, 0.6) is 11.5 Å². The van der Waals surface area contributed by atoms with Crippen LogP contribution in [0.1, 0.15) is 1.37 Å². The Morgan fingerprint density at radius 3 is 2.89 bits per heavy atom. The third kappa shape index (κ3) is 1.13. The van der Waals surface area contributed by atoms with Crippen molar-refractivity contribution >= 4 is 0 Å². The standard InChI is InChI=1S/C7H8O2/c1-9-7-5-3-2-4-6(7)8/h2-5,8H,1H3/i5D. The molecule has 0 aliphatic heterocycles. The summed E-state index contributed by atoms with van der Waals surface area (Å²) in [5.41, 5.74) is 0. The Hall–Kier alpha value is -1.18. The van der Waals surface area contributed by atoms with Gasteiger partial charge in [-0.05, 0) is 12.1 Å². The van der Waals surface area contributed by atoms with E-state index in [-0.39, 0.29) is 17.5 Å². The second-order valence-electron chi connectivity index (χ2n) is 1.59. The van der Waals surface area contributed by atoms with Crippen molar-refractivity contribution in [2.45, 2.75) is 0 Å². The van der Waals surface area contributed by atoms with Crippen molar-refractivity contribution in [3.8, 4) is 11.5 Å². The van der Waals surface area contributed by atoms with E-state index >= 15 is 0 Å². The van der Waals surface area contributed by atoms with E-state index in [1.165, 1.54) is 13.2 Å². The van der Waals surface area contributed by atoms with Gasteiger partial charge in [0.1, 0.15) is 0 Å². The molecule has 0 unspecified atom stereocenters. The lowest BCUT2D eigenvalue weighted by atomic mass is 10.3. The molecule has 0 heterocycles. The van der Waals surface area contributed by atoms with E-state index in [1.54, 1.807) is 12.1 Å². The van der Waals surface area contributed by atoms with Crippen LogP contribution < -0.4 is 4.74 Å². The lowest BCUT2D eigenvalue weighted by molar-refractivity contribution is 0.373. The maximum absolute atomic E-state index is 9.05. The van der Waals surface area contributed by atoms with E-state index in [2.05, 4.69) is 0 Å². The highest BCUT2D eigenvalue weighted by atomic mass is 16.5. The molecule has 2 heteroatoms. The van der Waals surface area contributed by atoms with E-state index in [4.69, 9.17) is 11.2 Å². The SMILES string of the molecule is [2H]c1cccc(O)c1OC. The van der Waals surface area contributed by atoms with E-state index in [0.717, 1.165) is 0 Å². The number of benzene rings is 1. The van der Waals surface area contributed by atoms with Crippen LogP contribution in [0.4, 0.5) is 0 Å². The van der Waals surface area contributed by atoms with E-state index < -0.39 is 0 Å². The van der Waals surface area contributed by atoms with E-state index in [1.807, 2.05) is 0 Å². The number of hydrogen-bond donors (Lipinski definition) is 1. The Morgan fingerprint density at radius 2 is 2.44 bits per heavy atom. The molecular weight excluding hydrogens is 116 g/mol. The molecule has 0 aliphatic rings. The molecule has 0 amide bonds. The fourth-order valence-electron chi connectivity index (χ4n) is 0.576. The number of methoxy groups -OCH3 is 1. The van der Waals surface area contributed by atoms with Crippen LogP contribution in [0.2, 0.25) is 0 Å². The zero-order chi connectivity index (χ0) is 7.56. The van der Waals surface area contributed by atoms with Gasteiger partial charge >= 0.3 is 0 Å². The van der Waals surface area contributed by atoms with Gasteiger partial charge < -0.3 is 9.84 Å². The van der Waals surface area contributed by atoms with Gasteiger partial charge in [-0.2, -0.15) is 0 Å².